The Bertz CT molecular complexity index is 5950. The summed E-state index contributed by atoms with van der Waals surface area (Å²) in [6.45, 7) is 2.13. The molecule has 2 aromatic heterocycles. The molecule has 0 saturated heterocycles. The van der Waals surface area contributed by atoms with Gasteiger partial charge in [0.1, 0.15) is 11.6 Å². The Labute approximate surface area is 576 Å². The Hall–Kier alpha value is -13.0. The summed E-state index contributed by atoms with van der Waals surface area (Å²) in [7, 11) is 0. The number of hydrogen-bond acceptors (Lipinski definition) is 2. The van der Waals surface area contributed by atoms with Crippen LogP contribution in [0.15, 0.2) is 370 Å². The third-order valence-corrected chi connectivity index (χ3v) is 19.1. The number of benzene rings is 16. The number of nitrogens with zero attached hydrogens (tertiary/aromatic N) is 4. The molecule has 466 valence electrons. The predicted octanol–water partition coefficient (Wildman–Crippen LogP) is 24.8. The lowest BCUT2D eigenvalue weighted by Gasteiger charge is -2.18. The molecule has 0 saturated carbocycles. The first-order valence-corrected chi connectivity index (χ1v) is 33.9. The number of aryl methyl sites for hydroxylation is 1. The fourth-order valence-corrected chi connectivity index (χ4v) is 14.4. The molecule has 0 aliphatic rings. The van der Waals surface area contributed by atoms with Gasteiger partial charge in [0, 0.05) is 44.8 Å². The number of imidazole rings is 2. The molecule has 4 nitrogen and oxygen atoms in total. The largest absolute Gasteiger partial charge is 0.292 e. The van der Waals surface area contributed by atoms with Crippen LogP contribution in [0.5, 0.6) is 0 Å². The van der Waals surface area contributed by atoms with Crippen LogP contribution in [-0.2, 0) is 0 Å². The molecule has 18 rings (SSSR count). The lowest BCUT2D eigenvalue weighted by Crippen LogP contribution is -2.00. The van der Waals surface area contributed by atoms with Crippen LogP contribution < -0.4 is 0 Å². The fourth-order valence-electron chi connectivity index (χ4n) is 14.4. The molecule has 0 bridgehead atoms. The Morgan fingerprint density at radius 2 is 0.596 bits per heavy atom. The van der Waals surface area contributed by atoms with Gasteiger partial charge in [-0.15, -0.1) is 0 Å². The van der Waals surface area contributed by atoms with Crippen molar-refractivity contribution in [1.29, 1.82) is 0 Å². The molecule has 0 spiro atoms. The Balaban J connectivity index is 0.000000150. The van der Waals surface area contributed by atoms with Gasteiger partial charge in [-0.25, -0.2) is 9.97 Å². The van der Waals surface area contributed by atoms with Crippen molar-refractivity contribution >= 4 is 88.5 Å². The van der Waals surface area contributed by atoms with E-state index in [2.05, 4.69) is 398 Å². The molecule has 4 heteroatoms. The highest BCUT2D eigenvalue weighted by molar-refractivity contribution is 6.22. The van der Waals surface area contributed by atoms with Crippen LogP contribution in [0.4, 0.5) is 0 Å². The zero-order valence-electron chi connectivity index (χ0n) is 54.7. The summed E-state index contributed by atoms with van der Waals surface area (Å²) in [5, 5.41) is 9.62. The minimum Gasteiger partial charge on any atom is -0.292 e. The molecule has 0 radical (unpaired) electrons. The molecule has 2 heterocycles. The average Bonchev–Trinajstić information content (AvgIpc) is 1.60. The van der Waals surface area contributed by atoms with Crippen molar-refractivity contribution in [2.45, 2.75) is 6.92 Å². The van der Waals surface area contributed by atoms with E-state index in [4.69, 9.17) is 9.97 Å². The molecule has 16 aromatic carbocycles. The smallest absolute Gasteiger partial charge is 0.145 e. The average molecular weight is 1260 g/mol. The van der Waals surface area contributed by atoms with E-state index in [9.17, 15) is 0 Å². The lowest BCUT2D eigenvalue weighted by molar-refractivity contribution is 1.10. The van der Waals surface area contributed by atoms with Crippen molar-refractivity contribution < 1.29 is 0 Å². The second kappa shape index (κ2) is 26.3. The first kappa shape index (κ1) is 59.7. The van der Waals surface area contributed by atoms with Crippen LogP contribution in [0.3, 0.4) is 0 Å². The summed E-state index contributed by atoms with van der Waals surface area (Å²) in [5.41, 5.74) is 23.4. The van der Waals surface area contributed by atoms with Crippen LogP contribution in [0, 0.1) is 6.92 Å². The van der Waals surface area contributed by atoms with Gasteiger partial charge in [-0.1, -0.05) is 339 Å². The SMILES string of the molecule is C(=C(c1ccccc1)c1ccccc1)c1c2ccccc2c(C=C(c2ccccc2)c2ccccc2)c2c1nc(-c1ccccc1)n2-c1ccccc1.Cc1ccc(-c2nc3c(-c4ccc5ccccc5c4)c4ccccc4c(-c4ccc5ccccc5c4)c3n2-c2ccccc2)cc1. The van der Waals surface area contributed by atoms with Gasteiger partial charge in [-0.3, -0.25) is 9.13 Å². The summed E-state index contributed by atoms with van der Waals surface area (Å²) in [4.78, 5) is 11.3. The zero-order chi connectivity index (χ0) is 66.0. The van der Waals surface area contributed by atoms with Crippen LogP contribution in [0.2, 0.25) is 0 Å². The normalized spacial score (nSPS) is 11.3. The van der Waals surface area contributed by atoms with Crippen molar-refractivity contribution in [2.24, 2.45) is 0 Å². The molecule has 0 aliphatic heterocycles. The summed E-state index contributed by atoms with van der Waals surface area (Å²) >= 11 is 0. The Kier molecular flexibility index (Phi) is 15.9. The topological polar surface area (TPSA) is 35.6 Å². The molecule has 0 atom stereocenters. The minimum absolute atomic E-state index is 0.897. The van der Waals surface area contributed by atoms with E-state index < -0.39 is 0 Å². The second-order valence-corrected chi connectivity index (χ2v) is 25.2. The van der Waals surface area contributed by atoms with Crippen LogP contribution in [0.1, 0.15) is 38.9 Å². The quantitative estimate of drug-likeness (QED) is 0.114. The predicted molar refractivity (Wildman–Crippen MR) is 418 cm³/mol. The fraction of sp³-hybridized carbons (Fsp3) is 0.0105. The Morgan fingerprint density at radius 3 is 1.07 bits per heavy atom. The number of rotatable bonds is 12. The molecule has 0 aliphatic carbocycles. The highest BCUT2D eigenvalue weighted by Crippen LogP contribution is 2.48. The van der Waals surface area contributed by atoms with Gasteiger partial charge in [-0.05, 0) is 143 Å². The standard InChI is InChI=1S/C51H36N2.C44H30N2/c1-7-21-37(22-8-1)45(38-23-9-2-10-24-38)35-47-43-33-19-20-34-44(43)48(36-46(39-25-11-3-12-26-39)40-27-13-4-14-28-40)50-49(47)52-51(41-29-15-5-16-30-41)53(50)42-31-17-6-18-32-42;1-29-19-21-32(22-20-29)44-45-42-40(35-25-23-30-11-5-7-13-33(30)27-35)38-17-9-10-18-39(38)41(43(42)46(44)37-15-3-2-4-16-37)36-26-24-31-12-6-8-14-34(31)28-36/h1-36H;2-28H,1H3. The van der Waals surface area contributed by atoms with E-state index in [-0.39, 0.29) is 0 Å². The first-order chi connectivity index (χ1) is 49.1. The van der Waals surface area contributed by atoms with Gasteiger partial charge in [0.25, 0.3) is 0 Å². The number of para-hydroxylation sites is 2. The van der Waals surface area contributed by atoms with Crippen molar-refractivity contribution in [1.82, 2.24) is 19.1 Å². The zero-order valence-corrected chi connectivity index (χ0v) is 54.7. The molecular formula is C95H66N4. The van der Waals surface area contributed by atoms with Crippen LogP contribution in [0.25, 0.3) is 145 Å². The highest BCUT2D eigenvalue weighted by Gasteiger charge is 2.27. The number of fused-ring (bicyclic) bond motifs is 6. The highest BCUT2D eigenvalue weighted by atomic mass is 15.1. The van der Waals surface area contributed by atoms with Gasteiger partial charge in [0.15, 0.2) is 0 Å². The molecule has 0 unspecified atom stereocenters. The van der Waals surface area contributed by atoms with Crippen molar-refractivity contribution in [3.05, 3.63) is 409 Å². The van der Waals surface area contributed by atoms with Gasteiger partial charge in [-0.2, -0.15) is 0 Å². The second-order valence-electron chi connectivity index (χ2n) is 25.2. The van der Waals surface area contributed by atoms with Gasteiger partial charge in [0.05, 0.1) is 22.1 Å². The van der Waals surface area contributed by atoms with Gasteiger partial charge in [0.2, 0.25) is 0 Å². The van der Waals surface area contributed by atoms with E-state index >= 15 is 0 Å². The summed E-state index contributed by atoms with van der Waals surface area (Å²) in [5.74, 6) is 1.83. The monoisotopic (exact) mass is 1260 g/mol. The lowest BCUT2D eigenvalue weighted by atomic mass is 9.89. The Morgan fingerprint density at radius 1 is 0.263 bits per heavy atom. The maximum Gasteiger partial charge on any atom is 0.145 e. The van der Waals surface area contributed by atoms with Gasteiger partial charge >= 0.3 is 0 Å². The van der Waals surface area contributed by atoms with Crippen LogP contribution >= 0.6 is 0 Å². The van der Waals surface area contributed by atoms with E-state index in [0.717, 1.165) is 123 Å². The maximum atomic E-state index is 5.65. The van der Waals surface area contributed by atoms with E-state index in [1.165, 1.54) is 49.0 Å². The molecular weight excluding hydrogens is 1200 g/mol. The third kappa shape index (κ3) is 11.4. The summed E-state index contributed by atoms with van der Waals surface area (Å²) in [6.07, 6.45) is 4.74. The maximum absolute atomic E-state index is 5.65. The van der Waals surface area contributed by atoms with E-state index in [0.29, 0.717) is 0 Å². The first-order valence-electron chi connectivity index (χ1n) is 33.9. The van der Waals surface area contributed by atoms with Crippen LogP contribution in [-0.4, -0.2) is 19.1 Å². The van der Waals surface area contributed by atoms with E-state index in [1.54, 1.807) is 0 Å². The summed E-state index contributed by atoms with van der Waals surface area (Å²) < 4.78 is 4.74. The van der Waals surface area contributed by atoms with Crippen molar-refractivity contribution in [2.75, 3.05) is 0 Å². The van der Waals surface area contributed by atoms with Crippen molar-refractivity contribution in [3.63, 3.8) is 0 Å². The molecule has 0 fully saturated rings. The molecule has 0 amide bonds. The third-order valence-electron chi connectivity index (χ3n) is 19.1. The number of hydrogen-bond donors (Lipinski definition) is 0. The van der Waals surface area contributed by atoms with Gasteiger partial charge < -0.3 is 0 Å². The molecule has 99 heavy (non-hydrogen) atoms. The minimum atomic E-state index is 0.897. The summed E-state index contributed by atoms with van der Waals surface area (Å²) in [6, 6.07) is 132. The number of aromatic nitrogens is 4. The molecule has 0 N–H and O–H groups in total. The van der Waals surface area contributed by atoms with Crippen molar-refractivity contribution in [3.8, 4) is 56.4 Å². The molecule has 18 aromatic rings. The van der Waals surface area contributed by atoms with E-state index in [1.807, 2.05) is 0 Å².